The molecule has 0 aromatic heterocycles. The van der Waals surface area contributed by atoms with E-state index in [1.54, 1.807) is 6.42 Å². The van der Waals surface area contributed by atoms with Gasteiger partial charge >= 0.3 is 0 Å². The fourth-order valence-corrected chi connectivity index (χ4v) is 3.94. The molecule has 0 aliphatic heterocycles. The van der Waals surface area contributed by atoms with Crippen LogP contribution in [0.15, 0.2) is 12.7 Å². The van der Waals surface area contributed by atoms with Gasteiger partial charge in [0.1, 0.15) is 0 Å². The molecule has 1 aliphatic carbocycles. The summed E-state index contributed by atoms with van der Waals surface area (Å²) in [6.07, 6.45) is 23.9. The first-order valence-electron chi connectivity index (χ1n) is 9.47. The standard InChI is InChI=1S/C20H38/c1-3-5-6-7-8-9-10-11-12-15-20-17-13-16-19(18-20)14-4-2/h3,19-20H,1,4-18H2,2H3. The lowest BCUT2D eigenvalue weighted by molar-refractivity contribution is 0.238. The van der Waals surface area contributed by atoms with Crippen molar-refractivity contribution in [2.45, 2.75) is 103 Å². The molecule has 2 atom stereocenters. The van der Waals surface area contributed by atoms with E-state index in [4.69, 9.17) is 0 Å². The number of unbranched alkanes of at least 4 members (excludes halogenated alkanes) is 7. The van der Waals surface area contributed by atoms with Crippen molar-refractivity contribution in [1.29, 1.82) is 0 Å². The maximum absolute atomic E-state index is 3.78. The summed E-state index contributed by atoms with van der Waals surface area (Å²) in [6, 6.07) is 0. The third kappa shape index (κ3) is 8.82. The topological polar surface area (TPSA) is 0 Å². The highest BCUT2D eigenvalue weighted by molar-refractivity contribution is 4.73. The van der Waals surface area contributed by atoms with Crippen molar-refractivity contribution in [3.63, 3.8) is 0 Å². The average Bonchev–Trinajstić information content (AvgIpc) is 2.46. The molecule has 1 rings (SSSR count). The van der Waals surface area contributed by atoms with Gasteiger partial charge in [0.05, 0.1) is 0 Å². The second-order valence-electron chi connectivity index (χ2n) is 7.03. The van der Waals surface area contributed by atoms with E-state index in [-0.39, 0.29) is 0 Å². The molecule has 1 fully saturated rings. The number of allylic oxidation sites excluding steroid dienone is 1. The van der Waals surface area contributed by atoms with Crippen molar-refractivity contribution >= 4 is 0 Å². The molecule has 1 aliphatic rings. The molecule has 2 unspecified atom stereocenters. The van der Waals surface area contributed by atoms with Gasteiger partial charge < -0.3 is 0 Å². The van der Waals surface area contributed by atoms with Crippen LogP contribution in [-0.2, 0) is 0 Å². The number of hydrogen-bond acceptors (Lipinski definition) is 0. The van der Waals surface area contributed by atoms with Crippen LogP contribution in [0.2, 0.25) is 0 Å². The Morgan fingerprint density at radius 2 is 1.45 bits per heavy atom. The van der Waals surface area contributed by atoms with Gasteiger partial charge in [0.25, 0.3) is 0 Å². The van der Waals surface area contributed by atoms with Gasteiger partial charge in [-0.3, -0.25) is 0 Å². The molecule has 20 heavy (non-hydrogen) atoms. The van der Waals surface area contributed by atoms with Crippen LogP contribution in [0.1, 0.15) is 103 Å². The summed E-state index contributed by atoms with van der Waals surface area (Å²) >= 11 is 0. The van der Waals surface area contributed by atoms with E-state index in [9.17, 15) is 0 Å². The molecular formula is C20H38. The smallest absolute Gasteiger partial charge is 0.0353 e. The predicted molar refractivity (Wildman–Crippen MR) is 92.1 cm³/mol. The normalized spacial score (nSPS) is 22.9. The third-order valence-corrected chi connectivity index (χ3v) is 5.11. The molecule has 0 N–H and O–H groups in total. The lowest BCUT2D eigenvalue weighted by atomic mass is 9.77. The van der Waals surface area contributed by atoms with Crippen LogP contribution in [-0.4, -0.2) is 0 Å². The predicted octanol–water partition coefficient (Wildman–Crippen LogP) is 7.29. The van der Waals surface area contributed by atoms with Crippen molar-refractivity contribution in [2.75, 3.05) is 0 Å². The minimum absolute atomic E-state index is 1.07. The van der Waals surface area contributed by atoms with Gasteiger partial charge in [-0.1, -0.05) is 90.0 Å². The summed E-state index contributed by atoms with van der Waals surface area (Å²) in [5.41, 5.74) is 0. The van der Waals surface area contributed by atoms with E-state index >= 15 is 0 Å². The lowest BCUT2D eigenvalue weighted by Crippen LogP contribution is -2.15. The molecule has 0 bridgehead atoms. The molecule has 0 aromatic rings. The lowest BCUT2D eigenvalue weighted by Gasteiger charge is -2.29. The van der Waals surface area contributed by atoms with Gasteiger partial charge in [0, 0.05) is 0 Å². The monoisotopic (exact) mass is 278 g/mol. The van der Waals surface area contributed by atoms with Gasteiger partial charge in [-0.15, -0.1) is 6.58 Å². The molecule has 0 aromatic carbocycles. The van der Waals surface area contributed by atoms with E-state index in [2.05, 4.69) is 19.6 Å². The highest BCUT2D eigenvalue weighted by atomic mass is 14.3. The molecule has 0 heterocycles. The van der Waals surface area contributed by atoms with Gasteiger partial charge in [0.15, 0.2) is 0 Å². The fraction of sp³-hybridized carbons (Fsp3) is 0.900. The van der Waals surface area contributed by atoms with Crippen molar-refractivity contribution in [2.24, 2.45) is 11.8 Å². The summed E-state index contributed by atoms with van der Waals surface area (Å²) in [6.45, 7) is 6.13. The molecule has 0 heteroatoms. The zero-order chi connectivity index (χ0) is 14.5. The SMILES string of the molecule is C=CCCCCCCCCCC1CCCC(CCC)C1. The maximum atomic E-state index is 3.78. The molecule has 0 nitrogen and oxygen atoms in total. The quantitative estimate of drug-likeness (QED) is 0.260. The van der Waals surface area contributed by atoms with Gasteiger partial charge in [-0.05, 0) is 31.1 Å². The van der Waals surface area contributed by atoms with Crippen LogP contribution in [0.5, 0.6) is 0 Å². The van der Waals surface area contributed by atoms with Crippen LogP contribution in [0.3, 0.4) is 0 Å². The van der Waals surface area contributed by atoms with E-state index in [0.717, 1.165) is 11.8 Å². The van der Waals surface area contributed by atoms with E-state index < -0.39 is 0 Å². The minimum atomic E-state index is 1.07. The molecule has 1 saturated carbocycles. The number of rotatable bonds is 12. The van der Waals surface area contributed by atoms with Crippen molar-refractivity contribution in [3.8, 4) is 0 Å². The highest BCUT2D eigenvalue weighted by Gasteiger charge is 2.20. The Balaban J connectivity index is 1.89. The fourth-order valence-electron chi connectivity index (χ4n) is 3.94. The third-order valence-electron chi connectivity index (χ3n) is 5.11. The molecule has 118 valence electrons. The largest absolute Gasteiger partial charge is 0.103 e. The van der Waals surface area contributed by atoms with Crippen LogP contribution in [0, 0.1) is 11.8 Å². The van der Waals surface area contributed by atoms with Crippen molar-refractivity contribution in [3.05, 3.63) is 12.7 Å². The summed E-state index contributed by atoms with van der Waals surface area (Å²) < 4.78 is 0. The second-order valence-corrected chi connectivity index (χ2v) is 7.03. The Morgan fingerprint density at radius 1 is 0.850 bits per heavy atom. The molecular weight excluding hydrogens is 240 g/mol. The molecule has 0 radical (unpaired) electrons. The summed E-state index contributed by atoms with van der Waals surface area (Å²) in [4.78, 5) is 0. The Labute approximate surface area is 128 Å². The van der Waals surface area contributed by atoms with E-state index in [0.29, 0.717) is 0 Å². The van der Waals surface area contributed by atoms with Crippen LogP contribution in [0.25, 0.3) is 0 Å². The molecule has 0 amide bonds. The summed E-state index contributed by atoms with van der Waals surface area (Å²) in [5, 5.41) is 0. The van der Waals surface area contributed by atoms with E-state index in [1.807, 2.05) is 0 Å². The van der Waals surface area contributed by atoms with Gasteiger partial charge in [-0.2, -0.15) is 0 Å². The first-order valence-corrected chi connectivity index (χ1v) is 9.47. The van der Waals surface area contributed by atoms with Crippen LogP contribution in [0.4, 0.5) is 0 Å². The van der Waals surface area contributed by atoms with E-state index in [1.165, 1.54) is 89.9 Å². The average molecular weight is 279 g/mol. The first-order chi connectivity index (χ1) is 9.86. The highest BCUT2D eigenvalue weighted by Crippen LogP contribution is 2.34. The van der Waals surface area contributed by atoms with Crippen molar-refractivity contribution in [1.82, 2.24) is 0 Å². The van der Waals surface area contributed by atoms with Crippen LogP contribution >= 0.6 is 0 Å². The van der Waals surface area contributed by atoms with Crippen molar-refractivity contribution < 1.29 is 0 Å². The number of hydrogen-bond donors (Lipinski definition) is 0. The maximum Gasteiger partial charge on any atom is -0.0353 e. The first kappa shape index (κ1) is 17.8. The second kappa shape index (κ2) is 12.5. The Hall–Kier alpha value is -0.260. The summed E-state index contributed by atoms with van der Waals surface area (Å²) in [7, 11) is 0. The molecule has 0 spiro atoms. The minimum Gasteiger partial charge on any atom is -0.103 e. The Kier molecular flexibility index (Phi) is 11.1. The molecule has 0 saturated heterocycles. The van der Waals surface area contributed by atoms with Crippen LogP contribution < -0.4 is 0 Å². The Bertz CT molecular complexity index is 216. The van der Waals surface area contributed by atoms with Gasteiger partial charge in [-0.25, -0.2) is 0 Å². The zero-order valence-electron chi connectivity index (χ0n) is 14.0. The zero-order valence-corrected chi connectivity index (χ0v) is 14.0. The Morgan fingerprint density at radius 3 is 2.10 bits per heavy atom. The van der Waals surface area contributed by atoms with Gasteiger partial charge in [0.2, 0.25) is 0 Å². The summed E-state index contributed by atoms with van der Waals surface area (Å²) in [5.74, 6) is 2.15.